The highest BCUT2D eigenvalue weighted by molar-refractivity contribution is 5.75. The lowest BCUT2D eigenvalue weighted by Gasteiger charge is -2.13. The van der Waals surface area contributed by atoms with Crippen LogP contribution in [0.2, 0.25) is 0 Å². The van der Waals surface area contributed by atoms with Gasteiger partial charge in [-0.3, -0.25) is 9.59 Å². The molecule has 0 saturated carbocycles. The van der Waals surface area contributed by atoms with Crippen molar-refractivity contribution in [1.29, 1.82) is 0 Å². The molecule has 0 aliphatic carbocycles. The molecule has 2 amide bonds. The molecule has 3 N–H and O–H groups in total. The van der Waals surface area contributed by atoms with Crippen LogP contribution in [-0.2, 0) is 14.3 Å². The second kappa shape index (κ2) is 22.1. The molecule has 31 heavy (non-hydrogen) atoms. The van der Waals surface area contributed by atoms with Crippen molar-refractivity contribution in [3.8, 4) is 0 Å². The molecular weight excluding hydrogens is 388 g/mol. The summed E-state index contributed by atoms with van der Waals surface area (Å²) >= 11 is 0. The molecule has 0 saturated heterocycles. The van der Waals surface area contributed by atoms with E-state index in [1.807, 2.05) is 0 Å². The number of nitrogens with two attached hydrogens (primary N) is 1. The molecule has 0 rings (SSSR count). The Morgan fingerprint density at radius 2 is 1.16 bits per heavy atom. The van der Waals surface area contributed by atoms with Crippen molar-refractivity contribution < 1.29 is 14.3 Å². The summed E-state index contributed by atoms with van der Waals surface area (Å²) in [5, 5.41) is 2.95. The molecule has 2 atom stereocenters. The highest BCUT2D eigenvalue weighted by atomic mass is 16.5. The lowest BCUT2D eigenvalue weighted by atomic mass is 9.93. The summed E-state index contributed by atoms with van der Waals surface area (Å²) in [5.74, 6) is 1.66. The number of carbonyl (C=O) groups excluding carboxylic acids is 2. The van der Waals surface area contributed by atoms with E-state index in [0.717, 1.165) is 50.5 Å². The summed E-state index contributed by atoms with van der Waals surface area (Å²) < 4.78 is 4.98. The van der Waals surface area contributed by atoms with E-state index >= 15 is 0 Å². The Kier molecular flexibility index (Phi) is 21.3. The number of rotatable bonds is 23. The molecule has 5 heteroatoms. The van der Waals surface area contributed by atoms with Crippen LogP contribution in [0.15, 0.2) is 0 Å². The minimum Gasteiger partial charge on any atom is -0.385 e. The van der Waals surface area contributed by atoms with Gasteiger partial charge in [0.25, 0.3) is 0 Å². The van der Waals surface area contributed by atoms with Gasteiger partial charge in [0.2, 0.25) is 11.8 Å². The van der Waals surface area contributed by atoms with Gasteiger partial charge in [-0.25, -0.2) is 0 Å². The predicted molar refractivity (Wildman–Crippen MR) is 131 cm³/mol. The molecule has 0 radical (unpaired) electrons. The average molecular weight is 441 g/mol. The normalized spacial score (nSPS) is 13.1. The maximum atomic E-state index is 11.7. The van der Waals surface area contributed by atoms with Crippen LogP contribution < -0.4 is 11.1 Å². The van der Waals surface area contributed by atoms with E-state index in [1.165, 1.54) is 64.2 Å². The molecule has 0 spiro atoms. The Morgan fingerprint density at radius 1 is 0.710 bits per heavy atom. The van der Waals surface area contributed by atoms with Crippen LogP contribution in [0.3, 0.4) is 0 Å². The van der Waals surface area contributed by atoms with E-state index in [0.29, 0.717) is 19.4 Å². The van der Waals surface area contributed by atoms with Gasteiger partial charge in [-0.2, -0.15) is 0 Å². The molecule has 0 aliphatic rings. The van der Waals surface area contributed by atoms with Gasteiger partial charge in [0.15, 0.2) is 0 Å². The molecule has 0 aromatic carbocycles. The fourth-order valence-electron chi connectivity index (χ4n) is 4.08. The van der Waals surface area contributed by atoms with Gasteiger partial charge in [0, 0.05) is 33.1 Å². The fraction of sp³-hybridized carbons (Fsp3) is 0.923. The van der Waals surface area contributed by atoms with E-state index in [2.05, 4.69) is 19.2 Å². The van der Waals surface area contributed by atoms with Crippen LogP contribution in [0.1, 0.15) is 123 Å². The maximum Gasteiger partial charge on any atom is 0.219 e. The molecular formula is C26H52N2O3. The molecule has 0 aromatic rings. The number of methoxy groups -OCH3 is 1. The first-order chi connectivity index (χ1) is 15.0. The van der Waals surface area contributed by atoms with Crippen LogP contribution in [0.5, 0.6) is 0 Å². The zero-order valence-corrected chi connectivity index (χ0v) is 20.9. The third kappa shape index (κ3) is 23.4. The van der Waals surface area contributed by atoms with Crippen LogP contribution in [0.25, 0.3) is 0 Å². The number of carbonyl (C=O) groups is 2. The summed E-state index contributed by atoms with van der Waals surface area (Å²) in [6.07, 6.45) is 19.5. The zero-order valence-electron chi connectivity index (χ0n) is 20.9. The monoisotopic (exact) mass is 440 g/mol. The van der Waals surface area contributed by atoms with Crippen molar-refractivity contribution in [2.75, 3.05) is 20.3 Å². The van der Waals surface area contributed by atoms with E-state index in [9.17, 15) is 9.59 Å². The SMILES string of the molecule is COCCCNC(=O)CCCCCCC(C)CCCCC(C)CCCCCCC(N)=O. The number of hydrogen-bond acceptors (Lipinski definition) is 3. The van der Waals surface area contributed by atoms with Gasteiger partial charge in [0.1, 0.15) is 0 Å². The smallest absolute Gasteiger partial charge is 0.219 e. The molecule has 184 valence electrons. The molecule has 0 fully saturated rings. The Labute approximate surface area is 192 Å². The number of hydrogen-bond donors (Lipinski definition) is 2. The lowest BCUT2D eigenvalue weighted by molar-refractivity contribution is -0.121. The lowest BCUT2D eigenvalue weighted by Crippen LogP contribution is -2.24. The third-order valence-electron chi connectivity index (χ3n) is 6.21. The van der Waals surface area contributed by atoms with Crippen LogP contribution in [-0.4, -0.2) is 32.1 Å². The Bertz CT molecular complexity index is 429. The molecule has 0 aromatic heterocycles. The highest BCUT2D eigenvalue weighted by Crippen LogP contribution is 2.21. The Hall–Kier alpha value is -1.10. The van der Waals surface area contributed by atoms with Crippen molar-refractivity contribution in [2.24, 2.45) is 17.6 Å². The summed E-state index contributed by atoms with van der Waals surface area (Å²) in [6.45, 7) is 6.20. The largest absolute Gasteiger partial charge is 0.385 e. The first-order valence-corrected chi connectivity index (χ1v) is 13.0. The minimum absolute atomic E-state index is 0.170. The van der Waals surface area contributed by atoms with Gasteiger partial charge >= 0.3 is 0 Å². The number of unbranched alkanes of at least 4 members (excludes halogenated alkanes) is 7. The van der Waals surface area contributed by atoms with Crippen LogP contribution in [0, 0.1) is 11.8 Å². The van der Waals surface area contributed by atoms with E-state index < -0.39 is 0 Å². The minimum atomic E-state index is -0.170. The van der Waals surface area contributed by atoms with E-state index in [4.69, 9.17) is 10.5 Å². The van der Waals surface area contributed by atoms with Crippen LogP contribution >= 0.6 is 0 Å². The quantitative estimate of drug-likeness (QED) is 0.187. The van der Waals surface area contributed by atoms with Crippen molar-refractivity contribution in [3.05, 3.63) is 0 Å². The van der Waals surface area contributed by atoms with E-state index in [1.54, 1.807) is 7.11 Å². The Morgan fingerprint density at radius 3 is 1.65 bits per heavy atom. The number of ether oxygens (including phenoxy) is 1. The fourth-order valence-corrected chi connectivity index (χ4v) is 4.08. The van der Waals surface area contributed by atoms with Crippen molar-refractivity contribution in [3.63, 3.8) is 0 Å². The standard InChI is InChI=1S/C26H52N2O3/c1-23(15-8-4-6-10-19-25(27)29)17-12-13-18-24(2)16-9-5-7-11-20-26(30)28-21-14-22-31-3/h23-24H,4-22H2,1-3H3,(H2,27,29)(H,28,30). The van der Waals surface area contributed by atoms with E-state index in [-0.39, 0.29) is 11.8 Å². The Balaban J connectivity index is 3.39. The molecule has 0 bridgehead atoms. The first kappa shape index (κ1) is 29.9. The first-order valence-electron chi connectivity index (χ1n) is 13.0. The second-order valence-corrected chi connectivity index (χ2v) is 9.56. The van der Waals surface area contributed by atoms with Crippen molar-refractivity contribution in [2.45, 2.75) is 123 Å². The molecule has 5 nitrogen and oxygen atoms in total. The number of nitrogens with one attached hydrogen (secondary N) is 1. The van der Waals surface area contributed by atoms with Gasteiger partial charge in [-0.1, -0.05) is 90.9 Å². The van der Waals surface area contributed by atoms with Gasteiger partial charge < -0.3 is 15.8 Å². The van der Waals surface area contributed by atoms with Crippen molar-refractivity contribution >= 4 is 11.8 Å². The zero-order chi connectivity index (χ0) is 23.2. The molecule has 2 unspecified atom stereocenters. The molecule has 0 heterocycles. The third-order valence-corrected chi connectivity index (χ3v) is 6.21. The second-order valence-electron chi connectivity index (χ2n) is 9.56. The molecule has 0 aliphatic heterocycles. The highest BCUT2D eigenvalue weighted by Gasteiger charge is 2.06. The predicted octanol–water partition coefficient (Wildman–Crippen LogP) is 6.14. The van der Waals surface area contributed by atoms with Gasteiger partial charge in [-0.15, -0.1) is 0 Å². The average Bonchev–Trinajstić information content (AvgIpc) is 2.73. The van der Waals surface area contributed by atoms with Crippen LogP contribution in [0.4, 0.5) is 0 Å². The van der Waals surface area contributed by atoms with Crippen molar-refractivity contribution in [1.82, 2.24) is 5.32 Å². The summed E-state index contributed by atoms with van der Waals surface area (Å²) in [7, 11) is 1.69. The number of amides is 2. The summed E-state index contributed by atoms with van der Waals surface area (Å²) in [5.41, 5.74) is 5.17. The topological polar surface area (TPSA) is 81.4 Å². The summed E-state index contributed by atoms with van der Waals surface area (Å²) in [6, 6.07) is 0. The maximum absolute atomic E-state index is 11.7. The van der Waals surface area contributed by atoms with Gasteiger partial charge in [-0.05, 0) is 31.1 Å². The summed E-state index contributed by atoms with van der Waals surface area (Å²) in [4.78, 5) is 22.4. The number of primary amides is 1. The van der Waals surface area contributed by atoms with Gasteiger partial charge in [0.05, 0.1) is 0 Å².